The molecule has 2 unspecified atom stereocenters. The molecule has 0 amide bonds. The smallest absolute Gasteiger partial charge is 0.0665 e. The largest absolute Gasteiger partial charge is 0.382 e. The van der Waals surface area contributed by atoms with Crippen LogP contribution in [0, 0.1) is 11.3 Å². The minimum atomic E-state index is 0.205. The van der Waals surface area contributed by atoms with Crippen LogP contribution in [-0.2, 0) is 11.2 Å². The Morgan fingerprint density at radius 3 is 2.43 bits per heavy atom. The first-order valence-corrected chi connectivity index (χ1v) is 8.40. The summed E-state index contributed by atoms with van der Waals surface area (Å²) in [5, 5.41) is 3.68. The van der Waals surface area contributed by atoms with Crippen LogP contribution in [0.3, 0.4) is 0 Å². The average molecular weight is 289 g/mol. The van der Waals surface area contributed by atoms with Gasteiger partial charge in [-0.2, -0.15) is 0 Å². The molecule has 1 N–H and O–H groups in total. The van der Waals surface area contributed by atoms with Crippen molar-refractivity contribution in [2.75, 3.05) is 11.9 Å². The van der Waals surface area contributed by atoms with Crippen molar-refractivity contribution in [3.63, 3.8) is 0 Å². The van der Waals surface area contributed by atoms with Gasteiger partial charge in [0.2, 0.25) is 0 Å². The molecule has 1 fully saturated rings. The SMILES string of the molecule is CCCc1ccc(NC2CC(OCC(C)C)C2(C)C)cc1. The van der Waals surface area contributed by atoms with Crippen LogP contribution in [0.2, 0.25) is 0 Å². The summed E-state index contributed by atoms with van der Waals surface area (Å²) in [5.41, 5.74) is 2.86. The molecule has 0 aromatic heterocycles. The Morgan fingerprint density at radius 2 is 1.90 bits per heavy atom. The second kappa shape index (κ2) is 6.83. The molecule has 1 aromatic carbocycles. The predicted octanol–water partition coefficient (Wildman–Crippen LogP) is 4.89. The normalized spacial score (nSPS) is 23.9. The third-order valence-electron chi connectivity index (χ3n) is 4.64. The molecule has 1 aromatic rings. The fraction of sp³-hybridized carbons (Fsp3) is 0.684. The Balaban J connectivity index is 1.86. The van der Waals surface area contributed by atoms with Crippen molar-refractivity contribution in [3.8, 4) is 0 Å². The molecule has 21 heavy (non-hydrogen) atoms. The first kappa shape index (κ1) is 16.4. The maximum absolute atomic E-state index is 6.03. The second-order valence-electron chi connectivity index (χ2n) is 7.42. The molecule has 0 spiro atoms. The molecular weight excluding hydrogens is 258 g/mol. The van der Waals surface area contributed by atoms with E-state index in [1.807, 2.05) is 0 Å². The number of ether oxygens (including phenoxy) is 1. The Kier molecular flexibility index (Phi) is 5.32. The van der Waals surface area contributed by atoms with E-state index in [2.05, 4.69) is 64.2 Å². The van der Waals surface area contributed by atoms with Gasteiger partial charge < -0.3 is 10.1 Å². The third kappa shape index (κ3) is 4.00. The Hall–Kier alpha value is -1.02. The summed E-state index contributed by atoms with van der Waals surface area (Å²) >= 11 is 0. The van der Waals surface area contributed by atoms with Gasteiger partial charge in [-0.1, -0.05) is 53.2 Å². The van der Waals surface area contributed by atoms with Gasteiger partial charge in [-0.3, -0.25) is 0 Å². The molecule has 0 bridgehead atoms. The lowest BCUT2D eigenvalue weighted by molar-refractivity contribution is -0.108. The van der Waals surface area contributed by atoms with E-state index in [1.165, 1.54) is 24.1 Å². The first-order chi connectivity index (χ1) is 9.93. The zero-order valence-corrected chi connectivity index (χ0v) is 14.3. The lowest BCUT2D eigenvalue weighted by Crippen LogP contribution is -2.58. The first-order valence-electron chi connectivity index (χ1n) is 8.40. The van der Waals surface area contributed by atoms with Crippen molar-refractivity contribution < 1.29 is 4.74 Å². The molecule has 2 rings (SSSR count). The summed E-state index contributed by atoms with van der Waals surface area (Å²) in [6, 6.07) is 9.41. The molecule has 1 aliphatic rings. The van der Waals surface area contributed by atoms with Gasteiger partial charge in [0.05, 0.1) is 6.10 Å². The molecular formula is C19H31NO. The van der Waals surface area contributed by atoms with E-state index in [0.29, 0.717) is 18.1 Å². The van der Waals surface area contributed by atoms with Gasteiger partial charge in [-0.25, -0.2) is 0 Å². The van der Waals surface area contributed by atoms with Crippen LogP contribution in [0.25, 0.3) is 0 Å². The zero-order valence-electron chi connectivity index (χ0n) is 14.3. The van der Waals surface area contributed by atoms with Crippen molar-refractivity contribution in [2.24, 2.45) is 11.3 Å². The van der Waals surface area contributed by atoms with Crippen molar-refractivity contribution >= 4 is 5.69 Å². The highest BCUT2D eigenvalue weighted by molar-refractivity contribution is 5.46. The van der Waals surface area contributed by atoms with Crippen LogP contribution in [0.4, 0.5) is 5.69 Å². The van der Waals surface area contributed by atoms with Crippen LogP contribution in [-0.4, -0.2) is 18.8 Å². The number of hydrogen-bond acceptors (Lipinski definition) is 2. The fourth-order valence-corrected chi connectivity index (χ4v) is 2.98. The van der Waals surface area contributed by atoms with Crippen LogP contribution >= 0.6 is 0 Å². The number of hydrogen-bond donors (Lipinski definition) is 1. The monoisotopic (exact) mass is 289 g/mol. The lowest BCUT2D eigenvalue weighted by Gasteiger charge is -2.52. The summed E-state index contributed by atoms with van der Waals surface area (Å²) in [6.07, 6.45) is 3.87. The minimum Gasteiger partial charge on any atom is -0.382 e. The topological polar surface area (TPSA) is 21.3 Å². The second-order valence-corrected chi connectivity index (χ2v) is 7.42. The van der Waals surface area contributed by atoms with E-state index in [0.717, 1.165) is 13.0 Å². The molecule has 2 nitrogen and oxygen atoms in total. The molecule has 0 radical (unpaired) electrons. The van der Waals surface area contributed by atoms with Gasteiger partial charge in [0.1, 0.15) is 0 Å². The van der Waals surface area contributed by atoms with E-state index in [4.69, 9.17) is 4.74 Å². The Bertz CT molecular complexity index is 435. The predicted molar refractivity (Wildman–Crippen MR) is 90.8 cm³/mol. The van der Waals surface area contributed by atoms with Crippen LogP contribution in [0.1, 0.15) is 53.0 Å². The van der Waals surface area contributed by atoms with Gasteiger partial charge in [-0.15, -0.1) is 0 Å². The maximum atomic E-state index is 6.03. The lowest BCUT2D eigenvalue weighted by atomic mass is 9.64. The van der Waals surface area contributed by atoms with Crippen LogP contribution in [0.5, 0.6) is 0 Å². The van der Waals surface area contributed by atoms with Crippen LogP contribution in [0.15, 0.2) is 24.3 Å². The van der Waals surface area contributed by atoms with E-state index in [1.54, 1.807) is 0 Å². The summed E-state index contributed by atoms with van der Waals surface area (Å²) in [5.74, 6) is 0.610. The molecule has 2 atom stereocenters. The summed E-state index contributed by atoms with van der Waals surface area (Å²) in [6.45, 7) is 12.1. The van der Waals surface area contributed by atoms with Gasteiger partial charge in [0.25, 0.3) is 0 Å². The average Bonchev–Trinajstić information content (AvgIpc) is 2.43. The molecule has 0 aliphatic heterocycles. The Labute approximate surface area is 130 Å². The fourth-order valence-electron chi connectivity index (χ4n) is 2.98. The van der Waals surface area contributed by atoms with E-state index in [-0.39, 0.29) is 5.41 Å². The molecule has 0 heterocycles. The van der Waals surface area contributed by atoms with Crippen molar-refractivity contribution in [2.45, 2.75) is 66.0 Å². The minimum absolute atomic E-state index is 0.205. The molecule has 1 saturated carbocycles. The standard InChI is InChI=1S/C19H31NO/c1-6-7-15-8-10-16(11-9-15)20-17-12-18(19(17,4)5)21-13-14(2)3/h8-11,14,17-18,20H,6-7,12-13H2,1-5H3. The van der Waals surface area contributed by atoms with Crippen molar-refractivity contribution in [3.05, 3.63) is 29.8 Å². The third-order valence-corrected chi connectivity index (χ3v) is 4.64. The van der Waals surface area contributed by atoms with Crippen molar-refractivity contribution in [1.29, 1.82) is 0 Å². The molecule has 118 valence electrons. The Morgan fingerprint density at radius 1 is 1.24 bits per heavy atom. The highest BCUT2D eigenvalue weighted by Gasteiger charge is 2.49. The number of nitrogens with one attached hydrogen (secondary N) is 1. The molecule has 2 heteroatoms. The highest BCUT2D eigenvalue weighted by atomic mass is 16.5. The molecule has 0 saturated heterocycles. The molecule has 1 aliphatic carbocycles. The van der Waals surface area contributed by atoms with E-state index < -0.39 is 0 Å². The number of aryl methyl sites for hydroxylation is 1. The van der Waals surface area contributed by atoms with Gasteiger partial charge in [0.15, 0.2) is 0 Å². The summed E-state index contributed by atoms with van der Waals surface area (Å²) in [7, 11) is 0. The van der Waals surface area contributed by atoms with Gasteiger partial charge >= 0.3 is 0 Å². The number of benzene rings is 1. The quantitative estimate of drug-likeness (QED) is 0.771. The van der Waals surface area contributed by atoms with E-state index in [9.17, 15) is 0 Å². The summed E-state index contributed by atoms with van der Waals surface area (Å²) < 4.78 is 6.03. The maximum Gasteiger partial charge on any atom is 0.0665 e. The van der Waals surface area contributed by atoms with Crippen molar-refractivity contribution in [1.82, 2.24) is 0 Å². The van der Waals surface area contributed by atoms with E-state index >= 15 is 0 Å². The number of rotatable bonds is 7. The number of anilines is 1. The van der Waals surface area contributed by atoms with Gasteiger partial charge in [0, 0.05) is 23.8 Å². The van der Waals surface area contributed by atoms with Crippen LogP contribution < -0.4 is 5.32 Å². The highest BCUT2D eigenvalue weighted by Crippen LogP contribution is 2.44. The zero-order chi connectivity index (χ0) is 15.5. The summed E-state index contributed by atoms with van der Waals surface area (Å²) in [4.78, 5) is 0. The van der Waals surface area contributed by atoms with Gasteiger partial charge in [-0.05, 0) is 36.5 Å².